The smallest absolute Gasteiger partial charge is 0.407 e. The Hall–Kier alpha value is -0.150. The molecule has 0 spiro atoms. The molecule has 0 aliphatic heterocycles. The van der Waals surface area contributed by atoms with E-state index in [0.717, 1.165) is 0 Å². The molecule has 3 nitrogen and oxygen atoms in total. The first-order valence-electron chi connectivity index (χ1n) is 2.85. The summed E-state index contributed by atoms with van der Waals surface area (Å²) in [7, 11) is 0. The van der Waals surface area contributed by atoms with Gasteiger partial charge in [0.25, 0.3) is 0 Å². The fraction of sp³-hybridized carbons (Fsp3) is 0.800. The molecular weight excluding hydrogens is 177 g/mol. The molecule has 0 aliphatic rings. The van der Waals surface area contributed by atoms with Gasteiger partial charge in [-0.3, -0.25) is 0 Å². The summed E-state index contributed by atoms with van der Waals surface area (Å²) in [5.74, 6) is 0. The van der Waals surface area contributed by atoms with Crippen molar-refractivity contribution in [2.24, 2.45) is 0 Å². The maximum absolute atomic E-state index is 10.5. The quantitative estimate of drug-likeness (QED) is 0.678. The Morgan fingerprint density at radius 1 is 1.70 bits per heavy atom. The monoisotopic (exact) mass is 185 g/mol. The Bertz CT molecular complexity index is 108. The van der Waals surface area contributed by atoms with Crippen LogP contribution in [0, 0.1) is 0 Å². The van der Waals surface area contributed by atoms with Crippen LogP contribution in [0.2, 0.25) is 0 Å². The Kier molecular flexibility index (Phi) is 5.54. The van der Waals surface area contributed by atoms with E-state index in [1.165, 1.54) is 0 Å². The summed E-state index contributed by atoms with van der Waals surface area (Å²) in [6.45, 7) is 2.35. The molecule has 1 N–H and O–H groups in total. The Labute approximate surface area is 69.6 Å². The highest BCUT2D eigenvalue weighted by Crippen LogP contribution is 2.00. The van der Waals surface area contributed by atoms with Gasteiger partial charge in [0, 0.05) is 6.54 Å². The van der Waals surface area contributed by atoms with Crippen LogP contribution in [0.3, 0.4) is 0 Å². The first kappa shape index (κ1) is 9.85. The lowest BCUT2D eigenvalue weighted by atomic mass is 10.7. The zero-order valence-corrected chi connectivity index (χ0v) is 7.08. The van der Waals surface area contributed by atoms with Crippen molar-refractivity contribution in [3.05, 3.63) is 0 Å². The number of nitrogens with one attached hydrogen (secondary N) is 1. The van der Waals surface area contributed by atoms with Gasteiger partial charge in [0.2, 0.25) is 0 Å². The van der Waals surface area contributed by atoms with Crippen LogP contribution in [-0.4, -0.2) is 24.1 Å². The molecule has 0 saturated heterocycles. The van der Waals surface area contributed by atoms with Gasteiger partial charge < -0.3 is 10.1 Å². The average Bonchev–Trinajstić information content (AvgIpc) is 1.85. The fourth-order valence-electron chi connectivity index (χ4n) is 0.334. The number of halogens is 2. The van der Waals surface area contributed by atoms with Crippen molar-refractivity contribution in [1.82, 2.24) is 5.32 Å². The molecule has 0 radical (unpaired) electrons. The number of carbonyl (C=O) groups is 1. The van der Waals surface area contributed by atoms with Crippen molar-refractivity contribution in [3.63, 3.8) is 0 Å². The van der Waals surface area contributed by atoms with Gasteiger partial charge in [-0.05, 0) is 6.92 Å². The molecule has 0 rings (SSSR count). The second kappa shape index (κ2) is 5.62. The maximum atomic E-state index is 10.5. The van der Waals surface area contributed by atoms with Gasteiger partial charge in [0.05, 0.1) is 0 Å². The van der Waals surface area contributed by atoms with Gasteiger partial charge in [-0.2, -0.15) is 0 Å². The highest BCUT2D eigenvalue weighted by molar-refractivity contribution is 6.44. The summed E-state index contributed by atoms with van der Waals surface area (Å²) >= 11 is 10.6. The van der Waals surface area contributed by atoms with E-state index in [-0.39, 0.29) is 6.61 Å². The highest BCUT2D eigenvalue weighted by Gasteiger charge is 2.02. The van der Waals surface area contributed by atoms with Gasteiger partial charge in [0.15, 0.2) is 0 Å². The van der Waals surface area contributed by atoms with Gasteiger partial charge in [-0.15, -0.1) is 23.2 Å². The lowest BCUT2D eigenvalue weighted by molar-refractivity contribution is 0.151. The minimum absolute atomic E-state index is 0.0228. The van der Waals surface area contributed by atoms with E-state index in [1.54, 1.807) is 6.92 Å². The Morgan fingerprint density at radius 3 is 2.70 bits per heavy atom. The van der Waals surface area contributed by atoms with Crippen LogP contribution in [0.1, 0.15) is 6.92 Å². The van der Waals surface area contributed by atoms with E-state index >= 15 is 0 Å². The van der Waals surface area contributed by atoms with Crippen LogP contribution >= 0.6 is 23.2 Å². The molecule has 0 aromatic rings. The first-order valence-corrected chi connectivity index (χ1v) is 3.73. The molecule has 0 aromatic carbocycles. The van der Waals surface area contributed by atoms with Crippen LogP contribution < -0.4 is 5.32 Å². The third-order valence-electron chi connectivity index (χ3n) is 0.662. The maximum Gasteiger partial charge on any atom is 0.407 e. The summed E-state index contributed by atoms with van der Waals surface area (Å²) in [6.07, 6.45) is -0.492. The van der Waals surface area contributed by atoms with Gasteiger partial charge in [-0.1, -0.05) is 0 Å². The SMILES string of the molecule is CCNC(=O)OCC(Cl)Cl. The van der Waals surface area contributed by atoms with Crippen molar-refractivity contribution < 1.29 is 9.53 Å². The summed E-state index contributed by atoms with van der Waals surface area (Å²) in [5, 5.41) is 2.42. The average molecular weight is 186 g/mol. The second-order valence-electron chi connectivity index (χ2n) is 1.52. The summed E-state index contributed by atoms with van der Waals surface area (Å²) in [4.78, 5) is 9.85. The second-order valence-corrected chi connectivity index (χ2v) is 2.80. The van der Waals surface area contributed by atoms with Crippen LogP contribution in [-0.2, 0) is 4.74 Å². The zero-order chi connectivity index (χ0) is 7.98. The molecule has 0 fully saturated rings. The van der Waals surface area contributed by atoms with Crippen molar-refractivity contribution in [3.8, 4) is 0 Å². The number of amides is 1. The van der Waals surface area contributed by atoms with Crippen molar-refractivity contribution in [1.29, 1.82) is 0 Å². The normalized spacial score (nSPS) is 9.60. The van der Waals surface area contributed by atoms with Crippen LogP contribution in [0.15, 0.2) is 0 Å². The summed E-state index contributed by atoms with van der Waals surface area (Å²) in [6, 6.07) is 0. The number of ether oxygens (including phenoxy) is 1. The summed E-state index contributed by atoms with van der Waals surface area (Å²) < 4.78 is 4.53. The lowest BCUT2D eigenvalue weighted by Crippen LogP contribution is -2.25. The highest BCUT2D eigenvalue weighted by atomic mass is 35.5. The van der Waals surface area contributed by atoms with Crippen LogP contribution in [0.4, 0.5) is 4.79 Å². The van der Waals surface area contributed by atoms with E-state index < -0.39 is 10.9 Å². The number of alkyl halides is 2. The van der Waals surface area contributed by atoms with Crippen LogP contribution in [0.5, 0.6) is 0 Å². The number of alkyl carbamates (subject to hydrolysis) is 1. The van der Waals surface area contributed by atoms with Crippen molar-refractivity contribution in [2.45, 2.75) is 11.8 Å². The van der Waals surface area contributed by atoms with Crippen molar-refractivity contribution >= 4 is 29.3 Å². The van der Waals surface area contributed by atoms with E-state index in [0.29, 0.717) is 6.54 Å². The predicted octanol–water partition coefficient (Wildman–Crippen LogP) is 1.54. The molecular formula is C5H9Cl2NO2. The number of rotatable bonds is 3. The molecule has 0 bridgehead atoms. The molecule has 60 valence electrons. The van der Waals surface area contributed by atoms with Crippen molar-refractivity contribution in [2.75, 3.05) is 13.2 Å². The molecule has 1 amide bonds. The van der Waals surface area contributed by atoms with Gasteiger partial charge in [0.1, 0.15) is 11.4 Å². The van der Waals surface area contributed by atoms with Gasteiger partial charge >= 0.3 is 6.09 Å². The number of hydrogen-bond acceptors (Lipinski definition) is 2. The fourth-order valence-corrected chi connectivity index (χ4v) is 0.460. The minimum Gasteiger partial charge on any atom is -0.447 e. The molecule has 10 heavy (non-hydrogen) atoms. The van der Waals surface area contributed by atoms with E-state index in [2.05, 4.69) is 10.1 Å². The molecule has 0 atom stereocenters. The minimum atomic E-state index is -0.650. The third kappa shape index (κ3) is 5.98. The van der Waals surface area contributed by atoms with E-state index in [1.807, 2.05) is 0 Å². The number of hydrogen-bond donors (Lipinski definition) is 1. The standard InChI is InChI=1S/C5H9Cl2NO2/c1-2-8-5(9)10-3-4(6)7/h4H,2-3H2,1H3,(H,8,9). The first-order chi connectivity index (χ1) is 4.66. The molecule has 0 saturated carbocycles. The molecule has 0 unspecified atom stereocenters. The predicted molar refractivity (Wildman–Crippen MR) is 40.5 cm³/mol. The van der Waals surface area contributed by atoms with E-state index in [9.17, 15) is 4.79 Å². The third-order valence-corrected chi connectivity index (χ3v) is 0.914. The summed E-state index contributed by atoms with van der Waals surface area (Å²) in [5.41, 5.74) is 0. The lowest BCUT2D eigenvalue weighted by Gasteiger charge is -2.04. The zero-order valence-electron chi connectivity index (χ0n) is 5.56. The Balaban J connectivity index is 3.22. The topological polar surface area (TPSA) is 38.3 Å². The molecule has 0 heterocycles. The molecule has 0 aliphatic carbocycles. The number of carbonyl (C=O) groups excluding carboxylic acids is 1. The van der Waals surface area contributed by atoms with E-state index in [4.69, 9.17) is 23.2 Å². The molecule has 5 heteroatoms. The largest absolute Gasteiger partial charge is 0.447 e. The molecule has 0 aromatic heterocycles. The van der Waals surface area contributed by atoms with Gasteiger partial charge in [-0.25, -0.2) is 4.79 Å². The van der Waals surface area contributed by atoms with Crippen LogP contribution in [0.25, 0.3) is 0 Å². The Morgan fingerprint density at radius 2 is 2.30 bits per heavy atom.